The molecule has 0 aromatic heterocycles. The molecule has 0 spiro atoms. The van der Waals surface area contributed by atoms with Crippen molar-refractivity contribution in [3.8, 4) is 0 Å². The van der Waals surface area contributed by atoms with Gasteiger partial charge in [0.2, 0.25) is 0 Å². The molecule has 2 unspecified atom stereocenters. The highest BCUT2D eigenvalue weighted by Gasteiger charge is 2.65. The summed E-state index contributed by atoms with van der Waals surface area (Å²) in [5, 5.41) is 1.02. The van der Waals surface area contributed by atoms with E-state index in [4.69, 9.17) is 0 Å². The smallest absolute Gasteiger partial charge is 0.291 e. The Morgan fingerprint density at radius 3 is 1.18 bits per heavy atom. The summed E-state index contributed by atoms with van der Waals surface area (Å²) in [4.78, 5) is 2.65. The van der Waals surface area contributed by atoms with Crippen LogP contribution in [0.1, 0.15) is 62.3 Å². The molecular formula is C13H30BNP2. The molecule has 17 heavy (non-hydrogen) atoms. The second-order valence-electron chi connectivity index (χ2n) is 8.16. The zero-order chi connectivity index (χ0) is 13.8. The predicted octanol–water partition coefficient (Wildman–Crippen LogP) is 5.19. The average molecular weight is 273 g/mol. The molecule has 0 aromatic carbocycles. The highest BCUT2D eigenvalue weighted by Crippen LogP contribution is 3.00. The summed E-state index contributed by atoms with van der Waals surface area (Å²) in [6, 6.07) is 0. The van der Waals surface area contributed by atoms with Crippen LogP contribution >= 0.6 is 15.0 Å². The molecule has 0 bridgehead atoms. The van der Waals surface area contributed by atoms with E-state index in [0.717, 1.165) is 6.29 Å². The SMILES string of the molecule is CN(B1P(C(C)(C)C)P1C(C)(C)C)C(C)(C)C. The van der Waals surface area contributed by atoms with Gasteiger partial charge < -0.3 is 4.81 Å². The first-order valence-electron chi connectivity index (χ1n) is 6.59. The fraction of sp³-hybridized carbons (Fsp3) is 1.00. The Balaban J connectivity index is 2.94. The van der Waals surface area contributed by atoms with Crippen LogP contribution in [0.4, 0.5) is 0 Å². The van der Waals surface area contributed by atoms with Crippen LogP contribution in [0.15, 0.2) is 0 Å². The van der Waals surface area contributed by atoms with Crippen LogP contribution in [-0.2, 0) is 0 Å². The quantitative estimate of drug-likeness (QED) is 0.469. The van der Waals surface area contributed by atoms with E-state index in [1.54, 1.807) is 0 Å². The molecule has 1 aliphatic heterocycles. The van der Waals surface area contributed by atoms with Gasteiger partial charge in [0.05, 0.1) is 0 Å². The molecule has 1 saturated heterocycles. The molecule has 0 saturated carbocycles. The molecule has 1 aliphatic rings. The van der Waals surface area contributed by atoms with Gasteiger partial charge in [-0.25, -0.2) is 0 Å². The maximum Gasteiger partial charge on any atom is 0.291 e. The van der Waals surface area contributed by atoms with E-state index in [1.165, 1.54) is 0 Å². The Hall–Kier alpha value is 0.885. The van der Waals surface area contributed by atoms with E-state index in [0.29, 0.717) is 15.9 Å². The van der Waals surface area contributed by atoms with Crippen molar-refractivity contribution in [2.75, 3.05) is 7.05 Å². The van der Waals surface area contributed by atoms with Crippen LogP contribution in [0.3, 0.4) is 0 Å². The van der Waals surface area contributed by atoms with Gasteiger partial charge in [0, 0.05) is 5.54 Å². The summed E-state index contributed by atoms with van der Waals surface area (Å²) in [5.41, 5.74) is 0.304. The molecule has 1 rings (SSSR count). The van der Waals surface area contributed by atoms with Gasteiger partial charge in [0.25, 0.3) is 6.29 Å². The zero-order valence-corrected chi connectivity index (χ0v) is 15.2. The number of hydrogen-bond donors (Lipinski definition) is 0. The molecule has 4 heteroatoms. The maximum atomic E-state index is 2.65. The van der Waals surface area contributed by atoms with Crippen LogP contribution < -0.4 is 0 Å². The van der Waals surface area contributed by atoms with Crippen molar-refractivity contribution in [2.24, 2.45) is 0 Å². The molecular weight excluding hydrogens is 243 g/mol. The van der Waals surface area contributed by atoms with Gasteiger partial charge in [-0.2, -0.15) is 0 Å². The third-order valence-electron chi connectivity index (χ3n) is 3.39. The van der Waals surface area contributed by atoms with Gasteiger partial charge in [-0.3, -0.25) is 0 Å². The summed E-state index contributed by atoms with van der Waals surface area (Å²) in [6.45, 7) is 21.7. The van der Waals surface area contributed by atoms with Gasteiger partial charge in [-0.05, 0) is 38.1 Å². The first-order chi connectivity index (χ1) is 7.28. The predicted molar refractivity (Wildman–Crippen MR) is 86.6 cm³/mol. The zero-order valence-electron chi connectivity index (χ0n) is 13.4. The second-order valence-corrected chi connectivity index (χ2v) is 16.2. The molecule has 1 fully saturated rings. The lowest BCUT2D eigenvalue weighted by atomic mass is 10.0. The summed E-state index contributed by atoms with van der Waals surface area (Å²) < 4.78 is 0. The van der Waals surface area contributed by atoms with Crippen LogP contribution in [0.25, 0.3) is 0 Å². The minimum Gasteiger partial charge on any atom is -0.332 e. The Labute approximate surface area is 112 Å². The molecule has 100 valence electrons. The molecule has 1 nitrogen and oxygen atoms in total. The Bertz CT molecular complexity index is 265. The Kier molecular flexibility index (Phi) is 4.19. The Morgan fingerprint density at radius 1 is 0.706 bits per heavy atom. The molecule has 0 aliphatic carbocycles. The van der Waals surface area contributed by atoms with E-state index < -0.39 is 0 Å². The van der Waals surface area contributed by atoms with Crippen LogP contribution in [0.5, 0.6) is 0 Å². The van der Waals surface area contributed by atoms with Crippen molar-refractivity contribution in [3.05, 3.63) is 0 Å². The topological polar surface area (TPSA) is 3.24 Å². The minimum absolute atomic E-state index is 0.181. The lowest BCUT2D eigenvalue weighted by Gasteiger charge is -2.33. The van der Waals surface area contributed by atoms with Crippen molar-refractivity contribution in [2.45, 2.75) is 78.2 Å². The fourth-order valence-corrected chi connectivity index (χ4v) is 15.3. The number of rotatable bonds is 1. The third kappa shape index (κ3) is 3.46. The first-order valence-corrected chi connectivity index (χ1v) is 10.1. The molecule has 1 heterocycles. The van der Waals surface area contributed by atoms with Crippen molar-refractivity contribution in [1.29, 1.82) is 0 Å². The normalized spacial score (nSPS) is 26.6. The second kappa shape index (κ2) is 4.47. The molecule has 0 N–H and O–H groups in total. The van der Waals surface area contributed by atoms with Gasteiger partial charge in [0.1, 0.15) is 0 Å². The lowest BCUT2D eigenvalue weighted by molar-refractivity contribution is 0.302. The Morgan fingerprint density at radius 2 is 1.00 bits per heavy atom. The highest BCUT2D eigenvalue weighted by atomic mass is 32.1. The number of hydrogen-bond acceptors (Lipinski definition) is 1. The van der Waals surface area contributed by atoms with Gasteiger partial charge in [-0.1, -0.05) is 56.5 Å². The number of nitrogens with zero attached hydrogens (tertiary/aromatic N) is 1. The van der Waals surface area contributed by atoms with E-state index in [-0.39, 0.29) is 15.0 Å². The third-order valence-corrected chi connectivity index (χ3v) is 14.7. The summed E-state index contributed by atoms with van der Waals surface area (Å²) >= 11 is 0. The van der Waals surface area contributed by atoms with Gasteiger partial charge in [-0.15, -0.1) is 0 Å². The van der Waals surface area contributed by atoms with E-state index >= 15 is 0 Å². The molecule has 0 aromatic rings. The summed E-state index contributed by atoms with van der Waals surface area (Å²) in [5.74, 6) is 0. The first kappa shape index (κ1) is 15.9. The summed E-state index contributed by atoms with van der Waals surface area (Å²) in [7, 11) is 2.69. The van der Waals surface area contributed by atoms with Gasteiger partial charge in [0.15, 0.2) is 0 Å². The van der Waals surface area contributed by atoms with Crippen LogP contribution in [0.2, 0.25) is 0 Å². The standard InChI is InChI=1S/C13H30BNP2/c1-11(2,3)15(10)14-16(12(4,5)6)17(14)13(7,8)9/h1-10H3. The largest absolute Gasteiger partial charge is 0.332 e. The highest BCUT2D eigenvalue weighted by molar-refractivity contribution is 8.79. The molecule has 0 amide bonds. The fourth-order valence-electron chi connectivity index (χ4n) is 2.18. The summed E-state index contributed by atoms with van der Waals surface area (Å²) in [6.07, 6.45) is 0.875. The lowest BCUT2D eigenvalue weighted by Crippen LogP contribution is -2.42. The van der Waals surface area contributed by atoms with Crippen molar-refractivity contribution < 1.29 is 0 Å². The monoisotopic (exact) mass is 273 g/mol. The van der Waals surface area contributed by atoms with Crippen LogP contribution in [0, 0.1) is 0 Å². The maximum absolute atomic E-state index is 2.65. The van der Waals surface area contributed by atoms with Crippen molar-refractivity contribution in [1.82, 2.24) is 4.81 Å². The van der Waals surface area contributed by atoms with E-state index in [2.05, 4.69) is 74.2 Å². The van der Waals surface area contributed by atoms with Gasteiger partial charge >= 0.3 is 0 Å². The minimum atomic E-state index is 0.181. The average Bonchev–Trinajstić information content (AvgIpc) is 2.71. The molecule has 0 radical (unpaired) electrons. The molecule has 2 atom stereocenters. The van der Waals surface area contributed by atoms with Crippen molar-refractivity contribution >= 4 is 21.3 Å². The van der Waals surface area contributed by atoms with Crippen molar-refractivity contribution in [3.63, 3.8) is 0 Å². The van der Waals surface area contributed by atoms with E-state index in [1.807, 2.05) is 0 Å². The van der Waals surface area contributed by atoms with E-state index in [9.17, 15) is 0 Å². The van der Waals surface area contributed by atoms with Crippen LogP contribution in [-0.4, -0.2) is 34.0 Å².